The largest absolute Gasteiger partial charge is 0.352 e. The summed E-state index contributed by atoms with van der Waals surface area (Å²) in [6.45, 7) is 5.64. The van der Waals surface area contributed by atoms with Crippen molar-refractivity contribution in [2.45, 2.75) is 58.4 Å². The molecule has 0 aliphatic carbocycles. The molecular formula is C18H27N3O2. The molecule has 5 heteroatoms. The van der Waals surface area contributed by atoms with Gasteiger partial charge < -0.3 is 10.2 Å². The minimum Gasteiger partial charge on any atom is -0.352 e. The number of hydrogen-bond donors (Lipinski definition) is 1. The fourth-order valence-electron chi connectivity index (χ4n) is 3.01. The molecule has 0 saturated carbocycles. The van der Waals surface area contributed by atoms with Gasteiger partial charge in [-0.15, -0.1) is 0 Å². The molecule has 1 aromatic rings. The highest BCUT2D eigenvalue weighted by molar-refractivity contribution is 5.98. The van der Waals surface area contributed by atoms with E-state index in [0.29, 0.717) is 23.8 Å². The van der Waals surface area contributed by atoms with Gasteiger partial charge in [-0.25, -0.2) is 0 Å². The van der Waals surface area contributed by atoms with E-state index in [4.69, 9.17) is 0 Å². The molecule has 126 valence electrons. The Labute approximate surface area is 138 Å². The van der Waals surface area contributed by atoms with Gasteiger partial charge in [0.15, 0.2) is 0 Å². The minimum atomic E-state index is -0.138. The average molecular weight is 317 g/mol. The van der Waals surface area contributed by atoms with Crippen LogP contribution in [0.4, 0.5) is 0 Å². The van der Waals surface area contributed by atoms with Crippen molar-refractivity contribution in [1.29, 1.82) is 0 Å². The molecule has 2 rings (SSSR count). The number of amides is 2. The summed E-state index contributed by atoms with van der Waals surface area (Å²) in [5.41, 5.74) is 0.873. The Kier molecular flexibility index (Phi) is 6.56. The molecule has 2 amide bonds. The molecule has 1 aromatic heterocycles. The van der Waals surface area contributed by atoms with E-state index in [9.17, 15) is 9.59 Å². The highest BCUT2D eigenvalue weighted by Gasteiger charge is 2.27. The number of pyridine rings is 1. The summed E-state index contributed by atoms with van der Waals surface area (Å²) in [5.74, 6) is -0.194. The molecule has 0 bridgehead atoms. The lowest BCUT2D eigenvalue weighted by Gasteiger charge is -2.35. The number of nitrogens with zero attached hydrogens (tertiary/aromatic N) is 2. The Hall–Kier alpha value is -1.91. The van der Waals surface area contributed by atoms with Crippen LogP contribution in [0.1, 0.15) is 73.2 Å². The molecule has 0 spiro atoms. The normalized spacial score (nSPS) is 17.8. The maximum Gasteiger partial charge on any atom is 0.272 e. The van der Waals surface area contributed by atoms with Gasteiger partial charge in [-0.1, -0.05) is 20.3 Å². The Balaban J connectivity index is 2.09. The van der Waals surface area contributed by atoms with Crippen molar-refractivity contribution in [3.63, 3.8) is 0 Å². The van der Waals surface area contributed by atoms with E-state index in [1.807, 2.05) is 4.90 Å². The molecule has 2 heterocycles. The molecule has 0 radical (unpaired) electrons. The first-order valence-electron chi connectivity index (χ1n) is 8.72. The van der Waals surface area contributed by atoms with Gasteiger partial charge in [0.2, 0.25) is 0 Å². The van der Waals surface area contributed by atoms with Crippen molar-refractivity contribution < 1.29 is 9.59 Å². The predicted molar refractivity (Wildman–Crippen MR) is 90.4 cm³/mol. The number of aromatic nitrogens is 1. The van der Waals surface area contributed by atoms with Gasteiger partial charge in [-0.2, -0.15) is 0 Å². The summed E-state index contributed by atoms with van der Waals surface area (Å²) >= 11 is 0. The van der Waals surface area contributed by atoms with Gasteiger partial charge in [0.25, 0.3) is 11.8 Å². The van der Waals surface area contributed by atoms with Crippen LogP contribution < -0.4 is 5.32 Å². The molecule has 1 N–H and O–H groups in total. The zero-order valence-electron chi connectivity index (χ0n) is 14.2. The van der Waals surface area contributed by atoms with Crippen LogP contribution in [0.3, 0.4) is 0 Å². The van der Waals surface area contributed by atoms with Gasteiger partial charge in [-0.3, -0.25) is 14.6 Å². The number of hydrogen-bond acceptors (Lipinski definition) is 3. The third-order valence-electron chi connectivity index (χ3n) is 4.42. The highest BCUT2D eigenvalue weighted by atomic mass is 16.2. The molecule has 1 unspecified atom stereocenters. The Bertz CT molecular complexity index is 545. The van der Waals surface area contributed by atoms with E-state index in [1.165, 1.54) is 6.42 Å². The monoisotopic (exact) mass is 317 g/mol. The van der Waals surface area contributed by atoms with Crippen LogP contribution in [-0.4, -0.2) is 40.8 Å². The summed E-state index contributed by atoms with van der Waals surface area (Å²) in [6, 6.07) is 3.57. The summed E-state index contributed by atoms with van der Waals surface area (Å²) in [4.78, 5) is 31.0. The van der Waals surface area contributed by atoms with Gasteiger partial charge in [-0.05, 0) is 44.2 Å². The molecule has 1 atom stereocenters. The number of carbonyl (C=O) groups is 2. The van der Waals surface area contributed by atoms with E-state index < -0.39 is 0 Å². The Morgan fingerprint density at radius 3 is 2.91 bits per heavy atom. The number of likely N-dealkylation sites (tertiary alicyclic amines) is 1. The first-order chi connectivity index (χ1) is 11.2. The fourth-order valence-corrected chi connectivity index (χ4v) is 3.01. The molecule has 1 aliphatic heterocycles. The van der Waals surface area contributed by atoms with E-state index in [1.54, 1.807) is 18.3 Å². The zero-order valence-corrected chi connectivity index (χ0v) is 14.2. The summed E-state index contributed by atoms with van der Waals surface area (Å²) in [6.07, 6.45) is 7.77. The molecule has 1 fully saturated rings. The number of unbranched alkanes of at least 4 members (excludes halogenated alkanes) is 1. The Morgan fingerprint density at radius 1 is 1.35 bits per heavy atom. The maximum atomic E-state index is 12.7. The molecular weight excluding hydrogens is 290 g/mol. The van der Waals surface area contributed by atoms with Crippen molar-refractivity contribution in [1.82, 2.24) is 15.2 Å². The van der Waals surface area contributed by atoms with Crippen LogP contribution in [0.2, 0.25) is 0 Å². The van der Waals surface area contributed by atoms with Gasteiger partial charge in [0.1, 0.15) is 5.69 Å². The van der Waals surface area contributed by atoms with Crippen LogP contribution in [0.5, 0.6) is 0 Å². The van der Waals surface area contributed by atoms with Crippen molar-refractivity contribution in [2.75, 3.05) is 13.1 Å². The lowest BCUT2D eigenvalue weighted by atomic mass is 9.99. The first kappa shape index (κ1) is 17.4. The highest BCUT2D eigenvalue weighted by Crippen LogP contribution is 2.21. The third kappa shape index (κ3) is 4.53. The first-order valence-corrected chi connectivity index (χ1v) is 8.72. The van der Waals surface area contributed by atoms with Gasteiger partial charge in [0.05, 0.1) is 0 Å². The second kappa shape index (κ2) is 8.65. The molecule has 1 aliphatic rings. The summed E-state index contributed by atoms with van der Waals surface area (Å²) in [5, 5.41) is 2.87. The smallest absolute Gasteiger partial charge is 0.272 e. The summed E-state index contributed by atoms with van der Waals surface area (Å²) < 4.78 is 0. The van der Waals surface area contributed by atoms with E-state index in [2.05, 4.69) is 24.1 Å². The average Bonchev–Trinajstić information content (AvgIpc) is 2.61. The minimum absolute atomic E-state index is 0.0558. The molecule has 23 heavy (non-hydrogen) atoms. The molecule has 0 aromatic carbocycles. The van der Waals surface area contributed by atoms with Crippen LogP contribution in [0.25, 0.3) is 0 Å². The quantitative estimate of drug-likeness (QED) is 0.820. The number of nitrogens with one attached hydrogen (secondary N) is 1. The summed E-state index contributed by atoms with van der Waals surface area (Å²) in [7, 11) is 0. The van der Waals surface area contributed by atoms with Gasteiger partial charge >= 0.3 is 0 Å². The second-order valence-electron chi connectivity index (χ2n) is 6.10. The lowest BCUT2D eigenvalue weighted by molar-refractivity contribution is 0.0602. The molecule has 5 nitrogen and oxygen atoms in total. The topological polar surface area (TPSA) is 62.3 Å². The van der Waals surface area contributed by atoms with Crippen molar-refractivity contribution in [3.05, 3.63) is 29.6 Å². The van der Waals surface area contributed by atoms with E-state index in [0.717, 1.165) is 38.6 Å². The standard InChI is InChI=1S/C18H27N3O2/c1-3-5-10-20-17(22)14-9-11-19-16(13-14)18(23)21-12-7-6-8-15(21)4-2/h9,11,13,15H,3-8,10,12H2,1-2H3,(H,20,22). The van der Waals surface area contributed by atoms with Crippen molar-refractivity contribution in [3.8, 4) is 0 Å². The van der Waals surface area contributed by atoms with Crippen LogP contribution in [0.15, 0.2) is 18.3 Å². The zero-order chi connectivity index (χ0) is 16.7. The van der Waals surface area contributed by atoms with Crippen LogP contribution >= 0.6 is 0 Å². The molecule has 1 saturated heterocycles. The predicted octanol–water partition coefficient (Wildman–Crippen LogP) is 3.02. The fraction of sp³-hybridized carbons (Fsp3) is 0.611. The van der Waals surface area contributed by atoms with E-state index in [-0.39, 0.29) is 11.8 Å². The SMILES string of the molecule is CCCCNC(=O)c1ccnc(C(=O)N2CCCCC2CC)c1. The van der Waals surface area contributed by atoms with Crippen molar-refractivity contribution in [2.24, 2.45) is 0 Å². The number of piperidine rings is 1. The second-order valence-corrected chi connectivity index (χ2v) is 6.10. The van der Waals surface area contributed by atoms with E-state index >= 15 is 0 Å². The van der Waals surface area contributed by atoms with Gasteiger partial charge in [0, 0.05) is 30.9 Å². The van der Waals surface area contributed by atoms with Crippen LogP contribution in [0, 0.1) is 0 Å². The Morgan fingerprint density at radius 2 is 2.17 bits per heavy atom. The number of carbonyl (C=O) groups excluding carboxylic acids is 2. The van der Waals surface area contributed by atoms with Crippen molar-refractivity contribution >= 4 is 11.8 Å². The lowest BCUT2D eigenvalue weighted by Crippen LogP contribution is -2.43. The third-order valence-corrected chi connectivity index (χ3v) is 4.42. The van der Waals surface area contributed by atoms with Crippen LogP contribution in [-0.2, 0) is 0 Å². The number of rotatable bonds is 6. The maximum absolute atomic E-state index is 12.7.